The number of aliphatic imine (C=N–C) groups is 1. The average Bonchev–Trinajstić information content (AvgIpc) is 2.60. The highest BCUT2D eigenvalue weighted by molar-refractivity contribution is 5.78. The normalized spacial score (nSPS) is 17.6. The Morgan fingerprint density at radius 2 is 1.88 bits per heavy atom. The van der Waals surface area contributed by atoms with Gasteiger partial charge in [-0.3, -0.25) is 0 Å². The Morgan fingerprint density at radius 3 is 2.68 bits per heavy atom. The van der Waals surface area contributed by atoms with Crippen LogP contribution in [0.5, 0.6) is 5.75 Å². The summed E-state index contributed by atoms with van der Waals surface area (Å²) in [7, 11) is 0. The molecule has 132 valence electrons. The minimum Gasteiger partial charge on any atom is -0.493 e. The van der Waals surface area contributed by atoms with Crippen LogP contribution in [-0.2, 0) is 12.7 Å². The van der Waals surface area contributed by atoms with Crippen LogP contribution in [0.1, 0.15) is 29.2 Å². The highest BCUT2D eigenvalue weighted by atomic mass is 19.4. The summed E-state index contributed by atoms with van der Waals surface area (Å²) in [6, 6.07) is 12.9. The van der Waals surface area contributed by atoms with E-state index >= 15 is 0 Å². The van der Waals surface area contributed by atoms with Gasteiger partial charge in [0.1, 0.15) is 5.75 Å². The molecule has 0 fully saturated rings. The number of rotatable bonds is 3. The van der Waals surface area contributed by atoms with E-state index in [1.165, 1.54) is 12.1 Å². The molecule has 2 aromatic rings. The van der Waals surface area contributed by atoms with E-state index in [0.29, 0.717) is 13.0 Å². The van der Waals surface area contributed by atoms with Crippen molar-refractivity contribution in [2.24, 2.45) is 10.7 Å². The van der Waals surface area contributed by atoms with Gasteiger partial charge in [-0.2, -0.15) is 13.2 Å². The third-order valence-electron chi connectivity index (χ3n) is 4.02. The second-order valence-electron chi connectivity index (χ2n) is 5.73. The molecule has 1 atom stereocenters. The predicted molar refractivity (Wildman–Crippen MR) is 89.2 cm³/mol. The molecule has 25 heavy (non-hydrogen) atoms. The summed E-state index contributed by atoms with van der Waals surface area (Å²) in [4.78, 5) is 4.08. The number of alkyl halides is 3. The summed E-state index contributed by atoms with van der Waals surface area (Å²) in [6.45, 7) is 0.401. The van der Waals surface area contributed by atoms with Crippen molar-refractivity contribution >= 4 is 5.96 Å². The van der Waals surface area contributed by atoms with Crippen LogP contribution in [0, 0.1) is 0 Å². The lowest BCUT2D eigenvalue weighted by Gasteiger charge is -2.27. The van der Waals surface area contributed by atoms with Gasteiger partial charge in [-0.1, -0.05) is 36.4 Å². The third-order valence-corrected chi connectivity index (χ3v) is 4.02. The van der Waals surface area contributed by atoms with Gasteiger partial charge in [-0.05, 0) is 17.7 Å². The topological polar surface area (TPSA) is 59.6 Å². The molecular weight excluding hydrogens is 331 g/mol. The Labute approximate surface area is 143 Å². The molecule has 3 rings (SSSR count). The van der Waals surface area contributed by atoms with Crippen LogP contribution in [0.15, 0.2) is 53.5 Å². The molecule has 2 aromatic carbocycles. The molecule has 3 N–H and O–H groups in total. The molecule has 0 radical (unpaired) electrons. The Kier molecular flexibility index (Phi) is 4.83. The van der Waals surface area contributed by atoms with E-state index in [1.54, 1.807) is 6.07 Å². The number of nitrogens with one attached hydrogen (secondary N) is 1. The minimum atomic E-state index is -4.41. The number of ether oxygens (including phenoxy) is 1. The van der Waals surface area contributed by atoms with Crippen molar-refractivity contribution in [2.75, 3.05) is 6.61 Å². The molecule has 1 aliphatic rings. The van der Waals surface area contributed by atoms with Gasteiger partial charge in [0.15, 0.2) is 5.96 Å². The van der Waals surface area contributed by atoms with E-state index in [-0.39, 0.29) is 24.1 Å². The third kappa shape index (κ3) is 4.04. The lowest BCUT2D eigenvalue weighted by Crippen LogP contribution is -2.37. The number of nitrogens with two attached hydrogens (primary N) is 1. The fourth-order valence-corrected chi connectivity index (χ4v) is 2.82. The molecule has 0 saturated carbocycles. The molecule has 4 nitrogen and oxygen atoms in total. The van der Waals surface area contributed by atoms with Crippen molar-refractivity contribution in [3.05, 3.63) is 65.2 Å². The van der Waals surface area contributed by atoms with Gasteiger partial charge in [-0.25, -0.2) is 4.99 Å². The van der Waals surface area contributed by atoms with Crippen LogP contribution in [0.2, 0.25) is 0 Å². The van der Waals surface area contributed by atoms with Crippen molar-refractivity contribution in [1.82, 2.24) is 5.32 Å². The number of guanidine groups is 1. The van der Waals surface area contributed by atoms with E-state index in [0.717, 1.165) is 17.4 Å². The minimum absolute atomic E-state index is 0.0773. The number of halogens is 3. The van der Waals surface area contributed by atoms with Crippen molar-refractivity contribution < 1.29 is 17.9 Å². The molecule has 1 heterocycles. The molecule has 0 aromatic heterocycles. The van der Waals surface area contributed by atoms with Crippen molar-refractivity contribution in [1.29, 1.82) is 0 Å². The Balaban J connectivity index is 1.72. The second kappa shape index (κ2) is 7.04. The average molecular weight is 349 g/mol. The second-order valence-corrected chi connectivity index (χ2v) is 5.73. The van der Waals surface area contributed by atoms with E-state index in [1.807, 2.05) is 24.3 Å². The highest BCUT2D eigenvalue weighted by Gasteiger charge is 2.32. The van der Waals surface area contributed by atoms with Crippen molar-refractivity contribution in [3.8, 4) is 5.75 Å². The first-order valence-electron chi connectivity index (χ1n) is 7.88. The van der Waals surface area contributed by atoms with E-state index in [4.69, 9.17) is 10.5 Å². The number of benzene rings is 2. The van der Waals surface area contributed by atoms with E-state index < -0.39 is 11.7 Å². The van der Waals surface area contributed by atoms with Crippen LogP contribution in [0.25, 0.3) is 0 Å². The zero-order valence-electron chi connectivity index (χ0n) is 13.4. The summed E-state index contributed by atoms with van der Waals surface area (Å²) in [5, 5.41) is 3.07. The van der Waals surface area contributed by atoms with Gasteiger partial charge in [-0.15, -0.1) is 0 Å². The molecular formula is C18H18F3N3O. The first kappa shape index (κ1) is 17.1. The Hall–Kier alpha value is -2.70. The van der Waals surface area contributed by atoms with Gasteiger partial charge in [0.2, 0.25) is 0 Å². The Morgan fingerprint density at radius 1 is 1.16 bits per heavy atom. The lowest BCUT2D eigenvalue weighted by atomic mass is 10.0. The van der Waals surface area contributed by atoms with Gasteiger partial charge >= 0.3 is 6.18 Å². The highest BCUT2D eigenvalue weighted by Crippen LogP contribution is 2.33. The molecule has 0 amide bonds. The van der Waals surface area contributed by atoms with Crippen LogP contribution < -0.4 is 15.8 Å². The van der Waals surface area contributed by atoms with Gasteiger partial charge < -0.3 is 15.8 Å². The van der Waals surface area contributed by atoms with Gasteiger partial charge in [0, 0.05) is 12.0 Å². The van der Waals surface area contributed by atoms with Crippen molar-refractivity contribution in [2.45, 2.75) is 25.2 Å². The first-order chi connectivity index (χ1) is 11.9. The molecule has 1 unspecified atom stereocenters. The van der Waals surface area contributed by atoms with Crippen LogP contribution >= 0.6 is 0 Å². The maximum Gasteiger partial charge on any atom is 0.416 e. The molecule has 0 spiro atoms. The predicted octanol–water partition coefficient (Wildman–Crippen LogP) is 3.63. The lowest BCUT2D eigenvalue weighted by molar-refractivity contribution is -0.138. The van der Waals surface area contributed by atoms with Gasteiger partial charge in [0.25, 0.3) is 0 Å². The molecule has 0 aliphatic carbocycles. The van der Waals surface area contributed by atoms with Crippen LogP contribution in [0.3, 0.4) is 0 Å². The van der Waals surface area contributed by atoms with E-state index in [9.17, 15) is 13.2 Å². The SMILES string of the molecule is NC(=NCc1ccccc1C(F)(F)F)NC1CCOc2ccccc21. The number of para-hydroxylation sites is 1. The summed E-state index contributed by atoms with van der Waals surface area (Å²) < 4.78 is 44.6. The summed E-state index contributed by atoms with van der Waals surface area (Å²) in [6.07, 6.45) is -3.71. The fraction of sp³-hybridized carbons (Fsp3) is 0.278. The first-order valence-corrected chi connectivity index (χ1v) is 7.88. The zero-order valence-corrected chi connectivity index (χ0v) is 13.4. The monoisotopic (exact) mass is 349 g/mol. The Bertz CT molecular complexity index is 774. The maximum atomic E-state index is 13.0. The van der Waals surface area contributed by atoms with E-state index in [2.05, 4.69) is 10.3 Å². The quantitative estimate of drug-likeness (QED) is 0.657. The largest absolute Gasteiger partial charge is 0.493 e. The van der Waals surface area contributed by atoms with Crippen molar-refractivity contribution in [3.63, 3.8) is 0 Å². The number of fused-ring (bicyclic) bond motifs is 1. The standard InChI is InChI=1S/C18H18F3N3O/c19-18(20,21)14-7-3-1-5-12(14)11-23-17(22)24-15-9-10-25-16-8-4-2-6-13(15)16/h1-8,15H,9-11H2,(H3,22,23,24). The molecule has 7 heteroatoms. The van der Waals surface area contributed by atoms with Crippen LogP contribution in [-0.4, -0.2) is 12.6 Å². The van der Waals surface area contributed by atoms with Gasteiger partial charge in [0.05, 0.1) is 24.8 Å². The summed E-state index contributed by atoms with van der Waals surface area (Å²) in [5.41, 5.74) is 6.24. The smallest absolute Gasteiger partial charge is 0.416 e. The zero-order chi connectivity index (χ0) is 17.9. The number of nitrogens with zero attached hydrogens (tertiary/aromatic N) is 1. The number of hydrogen-bond donors (Lipinski definition) is 2. The fourth-order valence-electron chi connectivity index (χ4n) is 2.82. The molecule has 1 aliphatic heterocycles. The maximum absolute atomic E-state index is 13.0. The molecule has 0 bridgehead atoms. The summed E-state index contributed by atoms with van der Waals surface area (Å²) >= 11 is 0. The number of hydrogen-bond acceptors (Lipinski definition) is 2. The van der Waals surface area contributed by atoms with Crippen LogP contribution in [0.4, 0.5) is 13.2 Å². The summed E-state index contributed by atoms with van der Waals surface area (Å²) in [5.74, 6) is 0.889. The molecule has 0 saturated heterocycles.